The Morgan fingerprint density at radius 3 is 2.64 bits per heavy atom. The maximum Gasteiger partial charge on any atom is 0.262 e. The van der Waals surface area contributed by atoms with Crippen LogP contribution in [0, 0.1) is 13.8 Å². The Balaban J connectivity index is 1.61. The normalized spacial score (nSPS) is 13.9. The quantitative estimate of drug-likeness (QED) is 0.762. The molecule has 0 radical (unpaired) electrons. The first-order valence-electron chi connectivity index (χ1n) is 9.10. The summed E-state index contributed by atoms with van der Waals surface area (Å²) in [5.41, 5.74) is 3.17. The van der Waals surface area contributed by atoms with Gasteiger partial charge in [-0.25, -0.2) is 0 Å². The molecule has 0 bridgehead atoms. The Bertz CT molecular complexity index is 855. The molecule has 7 heteroatoms. The van der Waals surface area contributed by atoms with Gasteiger partial charge in [-0.3, -0.25) is 9.59 Å². The second kappa shape index (κ2) is 9.21. The molecule has 1 saturated heterocycles. The molecule has 0 aromatic heterocycles. The molecule has 0 aliphatic carbocycles. The Hall–Kier alpha value is -2.38. The molecule has 2 amide bonds. The maximum absolute atomic E-state index is 12.6. The number of carbonyl (C=O) groups excluding carboxylic acids is 2. The number of ether oxygens (including phenoxy) is 2. The van der Waals surface area contributed by atoms with Gasteiger partial charge in [-0.1, -0.05) is 12.1 Å². The number of hydrogen-bond acceptors (Lipinski definition) is 4. The summed E-state index contributed by atoms with van der Waals surface area (Å²) in [7, 11) is 0. The molecule has 1 N–H and O–H groups in total. The predicted octanol–water partition coefficient (Wildman–Crippen LogP) is 3.56. The summed E-state index contributed by atoms with van der Waals surface area (Å²) in [6, 6.07) is 10.9. The van der Waals surface area contributed by atoms with Gasteiger partial charge in [0.15, 0.2) is 6.61 Å². The first kappa shape index (κ1) is 20.4. The van der Waals surface area contributed by atoms with E-state index >= 15 is 0 Å². The lowest BCUT2D eigenvalue weighted by Gasteiger charge is -2.27. The minimum absolute atomic E-state index is 0.0603. The molecule has 1 aliphatic heterocycles. The molecule has 2 aromatic rings. The number of rotatable bonds is 5. The number of nitrogens with zero attached hydrogens (tertiary/aromatic N) is 1. The molecular weight excluding hydrogens is 424 g/mol. The van der Waals surface area contributed by atoms with Gasteiger partial charge >= 0.3 is 0 Å². The number of benzene rings is 2. The van der Waals surface area contributed by atoms with Crippen molar-refractivity contribution in [3.8, 4) is 5.75 Å². The first-order valence-corrected chi connectivity index (χ1v) is 9.90. The average Bonchev–Trinajstić information content (AvgIpc) is 2.67. The number of hydrogen-bond donors (Lipinski definition) is 1. The number of amides is 2. The van der Waals surface area contributed by atoms with E-state index in [0.29, 0.717) is 43.3 Å². The number of nitrogens with one attached hydrogen (secondary N) is 1. The van der Waals surface area contributed by atoms with E-state index in [1.54, 1.807) is 29.2 Å². The lowest BCUT2D eigenvalue weighted by molar-refractivity contribution is -0.118. The highest BCUT2D eigenvalue weighted by molar-refractivity contribution is 9.10. The van der Waals surface area contributed by atoms with Crippen LogP contribution >= 0.6 is 15.9 Å². The van der Waals surface area contributed by atoms with Crippen LogP contribution in [0.2, 0.25) is 0 Å². The standard InChI is InChI=1S/C21H23BrN2O4/c1-14-10-15(2)20(18(22)11-14)28-13-19(25)23-17-5-3-4-16(12-17)21(26)24-6-8-27-9-7-24/h3-5,10-12H,6-9,13H2,1-2H3,(H,23,25). The Kier molecular flexibility index (Phi) is 6.70. The largest absolute Gasteiger partial charge is 0.482 e. The lowest BCUT2D eigenvalue weighted by atomic mass is 10.1. The molecule has 2 aromatic carbocycles. The van der Waals surface area contributed by atoms with Crippen LogP contribution in [0.4, 0.5) is 5.69 Å². The van der Waals surface area contributed by atoms with Crippen LogP contribution < -0.4 is 10.1 Å². The smallest absolute Gasteiger partial charge is 0.262 e. The summed E-state index contributed by atoms with van der Waals surface area (Å²) in [5.74, 6) is 0.301. The second-order valence-corrected chi connectivity index (χ2v) is 7.57. The average molecular weight is 447 g/mol. The van der Waals surface area contributed by atoms with Crippen LogP contribution in [0.25, 0.3) is 0 Å². The van der Waals surface area contributed by atoms with Gasteiger partial charge in [0.2, 0.25) is 0 Å². The third-order valence-electron chi connectivity index (χ3n) is 4.41. The molecule has 148 valence electrons. The molecule has 28 heavy (non-hydrogen) atoms. The van der Waals surface area contributed by atoms with Crippen molar-refractivity contribution in [1.82, 2.24) is 4.90 Å². The Morgan fingerprint density at radius 2 is 1.93 bits per heavy atom. The molecule has 1 aliphatic rings. The monoisotopic (exact) mass is 446 g/mol. The SMILES string of the molecule is Cc1cc(C)c(OCC(=O)Nc2cccc(C(=O)N3CCOCC3)c2)c(Br)c1. The molecule has 0 spiro atoms. The molecule has 0 atom stereocenters. The van der Waals surface area contributed by atoms with Crippen LogP contribution in [0.1, 0.15) is 21.5 Å². The van der Waals surface area contributed by atoms with Crippen molar-refractivity contribution < 1.29 is 19.1 Å². The van der Waals surface area contributed by atoms with E-state index in [4.69, 9.17) is 9.47 Å². The summed E-state index contributed by atoms with van der Waals surface area (Å²) in [4.78, 5) is 26.6. The van der Waals surface area contributed by atoms with Gasteiger partial charge in [0.05, 0.1) is 17.7 Å². The van der Waals surface area contributed by atoms with Crippen LogP contribution in [-0.4, -0.2) is 49.6 Å². The van der Waals surface area contributed by atoms with Crippen LogP contribution in [0.15, 0.2) is 40.9 Å². The minimum Gasteiger partial charge on any atom is -0.482 e. The van der Waals surface area contributed by atoms with Gasteiger partial charge in [-0.15, -0.1) is 0 Å². The van der Waals surface area contributed by atoms with E-state index in [-0.39, 0.29) is 18.4 Å². The topological polar surface area (TPSA) is 67.9 Å². The third-order valence-corrected chi connectivity index (χ3v) is 5.00. The summed E-state index contributed by atoms with van der Waals surface area (Å²) in [6.07, 6.45) is 0. The van der Waals surface area contributed by atoms with Crippen molar-refractivity contribution in [3.05, 3.63) is 57.6 Å². The molecule has 0 unspecified atom stereocenters. The van der Waals surface area contributed by atoms with E-state index in [1.165, 1.54) is 0 Å². The Labute approximate surface area is 172 Å². The summed E-state index contributed by atoms with van der Waals surface area (Å²) in [6.45, 7) is 6.07. The van der Waals surface area contributed by atoms with Crippen molar-refractivity contribution in [2.75, 3.05) is 38.2 Å². The van der Waals surface area contributed by atoms with Gasteiger partial charge in [-0.2, -0.15) is 0 Å². The fraction of sp³-hybridized carbons (Fsp3) is 0.333. The number of aryl methyl sites for hydroxylation is 2. The van der Waals surface area contributed by atoms with Crippen molar-refractivity contribution in [1.29, 1.82) is 0 Å². The zero-order valence-corrected chi connectivity index (χ0v) is 17.5. The number of anilines is 1. The zero-order chi connectivity index (χ0) is 20.1. The van der Waals surface area contributed by atoms with Crippen LogP contribution in [0.5, 0.6) is 5.75 Å². The highest BCUT2D eigenvalue weighted by atomic mass is 79.9. The van der Waals surface area contributed by atoms with Crippen molar-refractivity contribution >= 4 is 33.4 Å². The molecular formula is C21H23BrN2O4. The van der Waals surface area contributed by atoms with Crippen molar-refractivity contribution in [3.63, 3.8) is 0 Å². The van der Waals surface area contributed by atoms with E-state index in [9.17, 15) is 9.59 Å². The third kappa shape index (κ3) is 5.11. The lowest BCUT2D eigenvalue weighted by Crippen LogP contribution is -2.40. The Morgan fingerprint density at radius 1 is 1.18 bits per heavy atom. The summed E-state index contributed by atoms with van der Waals surface area (Å²) in [5, 5.41) is 2.79. The van der Waals surface area contributed by atoms with Gasteiger partial charge in [-0.05, 0) is 65.2 Å². The van der Waals surface area contributed by atoms with E-state index in [1.807, 2.05) is 26.0 Å². The first-order chi connectivity index (χ1) is 13.4. The van der Waals surface area contributed by atoms with E-state index in [2.05, 4.69) is 21.2 Å². The second-order valence-electron chi connectivity index (χ2n) is 6.71. The van der Waals surface area contributed by atoms with Gasteiger partial charge in [0.25, 0.3) is 11.8 Å². The number of halogens is 1. The highest BCUT2D eigenvalue weighted by Crippen LogP contribution is 2.30. The van der Waals surface area contributed by atoms with Crippen molar-refractivity contribution in [2.24, 2.45) is 0 Å². The molecule has 1 fully saturated rings. The molecule has 0 saturated carbocycles. The van der Waals surface area contributed by atoms with Gasteiger partial charge in [0.1, 0.15) is 5.75 Å². The van der Waals surface area contributed by atoms with Gasteiger partial charge < -0.3 is 19.7 Å². The minimum atomic E-state index is -0.289. The fourth-order valence-electron chi connectivity index (χ4n) is 3.10. The van der Waals surface area contributed by atoms with E-state index in [0.717, 1.165) is 15.6 Å². The fourth-order valence-corrected chi connectivity index (χ4v) is 3.89. The zero-order valence-electron chi connectivity index (χ0n) is 16.0. The highest BCUT2D eigenvalue weighted by Gasteiger charge is 2.19. The van der Waals surface area contributed by atoms with Crippen LogP contribution in [-0.2, 0) is 9.53 Å². The summed E-state index contributed by atoms with van der Waals surface area (Å²) >= 11 is 3.47. The summed E-state index contributed by atoms with van der Waals surface area (Å²) < 4.78 is 11.8. The molecule has 3 rings (SSSR count). The predicted molar refractivity (Wildman–Crippen MR) is 111 cm³/mol. The molecule has 6 nitrogen and oxygen atoms in total. The maximum atomic E-state index is 12.6. The molecule has 1 heterocycles. The van der Waals surface area contributed by atoms with Crippen LogP contribution in [0.3, 0.4) is 0 Å². The van der Waals surface area contributed by atoms with E-state index < -0.39 is 0 Å². The number of carbonyl (C=O) groups is 2. The number of morpholine rings is 1. The van der Waals surface area contributed by atoms with Gasteiger partial charge in [0, 0.05) is 24.3 Å². The van der Waals surface area contributed by atoms with Crippen molar-refractivity contribution in [2.45, 2.75) is 13.8 Å².